The van der Waals surface area contributed by atoms with E-state index in [1.54, 1.807) is 6.26 Å². The molecule has 0 radical (unpaired) electrons. The molecule has 68 valence electrons. The Hall–Kier alpha value is 0.150. The molecule has 0 aromatic rings. The van der Waals surface area contributed by atoms with E-state index in [2.05, 4.69) is 27.7 Å². The second-order valence-electron chi connectivity index (χ2n) is 4.61. The summed E-state index contributed by atoms with van der Waals surface area (Å²) in [7, 11) is -0.630. The lowest BCUT2D eigenvalue weighted by molar-refractivity contribution is 0.322. The van der Waals surface area contributed by atoms with Crippen LogP contribution in [0.2, 0.25) is 0 Å². The van der Waals surface area contributed by atoms with E-state index >= 15 is 0 Å². The highest BCUT2D eigenvalue weighted by Gasteiger charge is 2.15. The SMILES string of the molecule is C[C@H](CS(C)=O)CC(C)(C)C. The summed E-state index contributed by atoms with van der Waals surface area (Å²) in [6.45, 7) is 8.85. The Morgan fingerprint density at radius 2 is 1.82 bits per heavy atom. The molecule has 0 aromatic heterocycles. The van der Waals surface area contributed by atoms with Crippen molar-refractivity contribution in [3.8, 4) is 0 Å². The van der Waals surface area contributed by atoms with Crippen molar-refractivity contribution in [1.29, 1.82) is 0 Å². The van der Waals surface area contributed by atoms with Crippen molar-refractivity contribution < 1.29 is 4.21 Å². The van der Waals surface area contributed by atoms with Gasteiger partial charge in [-0.05, 0) is 17.8 Å². The highest BCUT2D eigenvalue weighted by atomic mass is 32.2. The highest BCUT2D eigenvalue weighted by molar-refractivity contribution is 7.84. The van der Waals surface area contributed by atoms with Crippen LogP contribution in [0, 0.1) is 11.3 Å². The van der Waals surface area contributed by atoms with Crippen molar-refractivity contribution in [2.45, 2.75) is 34.1 Å². The lowest BCUT2D eigenvalue weighted by Crippen LogP contribution is -2.15. The summed E-state index contributed by atoms with van der Waals surface area (Å²) >= 11 is 0. The fraction of sp³-hybridized carbons (Fsp3) is 1.00. The van der Waals surface area contributed by atoms with E-state index in [0.717, 1.165) is 12.2 Å². The molecule has 0 saturated heterocycles. The summed E-state index contributed by atoms with van der Waals surface area (Å²) in [5.41, 5.74) is 0.374. The van der Waals surface area contributed by atoms with Crippen LogP contribution in [0.1, 0.15) is 34.1 Å². The first-order valence-electron chi connectivity index (χ1n) is 4.11. The molecule has 0 amide bonds. The fourth-order valence-electron chi connectivity index (χ4n) is 1.50. The molecule has 0 fully saturated rings. The van der Waals surface area contributed by atoms with Crippen molar-refractivity contribution in [2.75, 3.05) is 12.0 Å². The van der Waals surface area contributed by atoms with Crippen LogP contribution >= 0.6 is 0 Å². The van der Waals surface area contributed by atoms with E-state index in [4.69, 9.17) is 0 Å². The zero-order valence-electron chi connectivity index (χ0n) is 8.31. The minimum atomic E-state index is -0.630. The topological polar surface area (TPSA) is 17.1 Å². The van der Waals surface area contributed by atoms with Crippen molar-refractivity contribution >= 4 is 10.8 Å². The van der Waals surface area contributed by atoms with Gasteiger partial charge in [0.05, 0.1) is 0 Å². The monoisotopic (exact) mass is 176 g/mol. The third kappa shape index (κ3) is 8.05. The molecule has 2 atom stereocenters. The Bertz CT molecular complexity index is 135. The molecule has 0 aliphatic rings. The van der Waals surface area contributed by atoms with Gasteiger partial charge in [0, 0.05) is 22.8 Å². The Morgan fingerprint density at radius 1 is 1.36 bits per heavy atom. The van der Waals surface area contributed by atoms with Gasteiger partial charge in [-0.2, -0.15) is 0 Å². The second-order valence-corrected chi connectivity index (χ2v) is 6.09. The zero-order chi connectivity index (χ0) is 9.07. The van der Waals surface area contributed by atoms with Gasteiger partial charge in [-0.25, -0.2) is 0 Å². The normalized spacial score (nSPS) is 17.9. The highest BCUT2D eigenvalue weighted by Crippen LogP contribution is 2.24. The first-order valence-corrected chi connectivity index (χ1v) is 5.84. The molecule has 0 bridgehead atoms. The molecule has 1 unspecified atom stereocenters. The van der Waals surface area contributed by atoms with Crippen molar-refractivity contribution in [1.82, 2.24) is 0 Å². The number of rotatable bonds is 3. The van der Waals surface area contributed by atoms with E-state index in [1.165, 1.54) is 0 Å². The summed E-state index contributed by atoms with van der Waals surface area (Å²) in [4.78, 5) is 0. The lowest BCUT2D eigenvalue weighted by atomic mass is 9.86. The summed E-state index contributed by atoms with van der Waals surface area (Å²) in [6, 6.07) is 0. The van der Waals surface area contributed by atoms with E-state index in [9.17, 15) is 4.21 Å². The van der Waals surface area contributed by atoms with Crippen molar-refractivity contribution in [3.63, 3.8) is 0 Å². The first kappa shape index (κ1) is 11.2. The van der Waals surface area contributed by atoms with Crippen LogP contribution in [-0.4, -0.2) is 16.2 Å². The van der Waals surface area contributed by atoms with Crippen LogP contribution in [0.3, 0.4) is 0 Å². The maximum absolute atomic E-state index is 10.9. The van der Waals surface area contributed by atoms with Crippen LogP contribution in [0.5, 0.6) is 0 Å². The van der Waals surface area contributed by atoms with Crippen molar-refractivity contribution in [3.05, 3.63) is 0 Å². The van der Waals surface area contributed by atoms with Gasteiger partial charge in [-0.1, -0.05) is 27.7 Å². The third-order valence-corrected chi connectivity index (χ3v) is 2.52. The molecule has 1 nitrogen and oxygen atoms in total. The fourth-order valence-corrected chi connectivity index (χ4v) is 2.42. The molecular formula is C9H20OS. The minimum Gasteiger partial charge on any atom is -0.260 e. The molecule has 2 heteroatoms. The van der Waals surface area contributed by atoms with Gasteiger partial charge < -0.3 is 0 Å². The Morgan fingerprint density at radius 3 is 2.09 bits per heavy atom. The predicted molar refractivity (Wildman–Crippen MR) is 52.2 cm³/mol. The number of hydrogen-bond donors (Lipinski definition) is 0. The maximum Gasteiger partial charge on any atom is 0.0257 e. The molecule has 0 saturated carbocycles. The van der Waals surface area contributed by atoms with Crippen molar-refractivity contribution in [2.24, 2.45) is 11.3 Å². The van der Waals surface area contributed by atoms with Crippen LogP contribution in [0.4, 0.5) is 0 Å². The van der Waals surface area contributed by atoms with E-state index in [1.807, 2.05) is 0 Å². The molecule has 0 aliphatic carbocycles. The Kier molecular flexibility index (Phi) is 4.30. The van der Waals surface area contributed by atoms with Gasteiger partial charge in [-0.3, -0.25) is 4.21 Å². The van der Waals surface area contributed by atoms with E-state index in [-0.39, 0.29) is 0 Å². The van der Waals surface area contributed by atoms with Gasteiger partial charge in [0.15, 0.2) is 0 Å². The Balaban J connectivity index is 3.69. The molecule has 0 N–H and O–H groups in total. The standard InChI is InChI=1S/C9H20OS/c1-8(7-11(5)10)6-9(2,3)4/h8H,6-7H2,1-5H3/t8-,11?/m0/s1. The van der Waals surface area contributed by atoms with Gasteiger partial charge >= 0.3 is 0 Å². The summed E-state index contributed by atoms with van der Waals surface area (Å²) in [5, 5.41) is 0. The summed E-state index contributed by atoms with van der Waals surface area (Å²) < 4.78 is 10.9. The largest absolute Gasteiger partial charge is 0.260 e. The van der Waals surface area contributed by atoms with Gasteiger partial charge in [0.1, 0.15) is 0 Å². The smallest absolute Gasteiger partial charge is 0.0257 e. The number of hydrogen-bond acceptors (Lipinski definition) is 1. The molecular weight excluding hydrogens is 156 g/mol. The zero-order valence-corrected chi connectivity index (χ0v) is 9.12. The quantitative estimate of drug-likeness (QED) is 0.645. The van der Waals surface area contributed by atoms with Gasteiger partial charge in [-0.15, -0.1) is 0 Å². The van der Waals surface area contributed by atoms with Crippen LogP contribution in [0.25, 0.3) is 0 Å². The van der Waals surface area contributed by atoms with Gasteiger partial charge in [0.2, 0.25) is 0 Å². The molecule has 0 spiro atoms. The minimum absolute atomic E-state index is 0.374. The molecule has 11 heavy (non-hydrogen) atoms. The third-order valence-electron chi connectivity index (χ3n) is 1.48. The average molecular weight is 176 g/mol. The average Bonchev–Trinajstić information content (AvgIpc) is 1.53. The van der Waals surface area contributed by atoms with Crippen LogP contribution < -0.4 is 0 Å². The predicted octanol–water partition coefficient (Wildman–Crippen LogP) is 2.44. The molecule has 0 aliphatic heterocycles. The molecule has 0 aromatic carbocycles. The van der Waals surface area contributed by atoms with Gasteiger partial charge in [0.25, 0.3) is 0 Å². The first-order chi connectivity index (χ1) is 4.81. The van der Waals surface area contributed by atoms with E-state index in [0.29, 0.717) is 11.3 Å². The van der Waals surface area contributed by atoms with E-state index < -0.39 is 10.8 Å². The summed E-state index contributed by atoms with van der Waals surface area (Å²) in [5.74, 6) is 1.43. The summed E-state index contributed by atoms with van der Waals surface area (Å²) in [6.07, 6.45) is 2.94. The molecule has 0 rings (SSSR count). The lowest BCUT2D eigenvalue weighted by Gasteiger charge is -2.22. The molecule has 0 heterocycles. The van der Waals surface area contributed by atoms with Crippen LogP contribution in [0.15, 0.2) is 0 Å². The second kappa shape index (κ2) is 4.24. The van der Waals surface area contributed by atoms with Crippen LogP contribution in [-0.2, 0) is 10.8 Å². The Labute approximate surface area is 73.0 Å². The maximum atomic E-state index is 10.9.